The first-order valence-electron chi connectivity index (χ1n) is 3.14. The molecule has 0 bridgehead atoms. The van der Waals surface area contributed by atoms with Crippen LogP contribution in [0, 0.1) is 0 Å². The summed E-state index contributed by atoms with van der Waals surface area (Å²) in [6, 6.07) is 9.19. The van der Waals surface area contributed by atoms with Crippen molar-refractivity contribution < 1.29 is 8.76 Å². The van der Waals surface area contributed by atoms with Gasteiger partial charge in [-0.1, -0.05) is 18.2 Å². The van der Waals surface area contributed by atoms with Crippen LogP contribution in [0.1, 0.15) is 0 Å². The Kier molecular flexibility index (Phi) is 3.07. The quantitative estimate of drug-likeness (QED) is 0.687. The second-order valence-electron chi connectivity index (χ2n) is 1.99. The van der Waals surface area contributed by atoms with E-state index in [2.05, 4.69) is 5.32 Å². The van der Waals surface area contributed by atoms with Crippen LogP contribution in [0.25, 0.3) is 0 Å². The van der Waals surface area contributed by atoms with Crippen molar-refractivity contribution >= 4 is 16.8 Å². The Morgan fingerprint density at radius 2 is 2.00 bits per heavy atom. The molecule has 0 aromatic heterocycles. The zero-order valence-electron chi connectivity index (χ0n) is 5.82. The maximum Gasteiger partial charge on any atom is 0.0777 e. The fourth-order valence-corrected chi connectivity index (χ4v) is 0.983. The summed E-state index contributed by atoms with van der Waals surface area (Å²) in [5.74, 6) is -0.0377. The number of rotatable bonds is 3. The van der Waals surface area contributed by atoms with Crippen LogP contribution in [0.15, 0.2) is 30.3 Å². The molecule has 0 amide bonds. The van der Waals surface area contributed by atoms with Gasteiger partial charge in [0, 0.05) is 5.69 Å². The number of nitrogens with one attached hydrogen (secondary N) is 1. The van der Waals surface area contributed by atoms with Crippen LogP contribution in [0.5, 0.6) is 0 Å². The van der Waals surface area contributed by atoms with Gasteiger partial charge in [-0.15, -0.1) is 0 Å². The summed E-state index contributed by atoms with van der Waals surface area (Å²) in [5, 5.41) is 2.73. The van der Waals surface area contributed by atoms with Gasteiger partial charge in [-0.2, -0.15) is 0 Å². The fraction of sp³-hybridized carbons (Fsp3) is 0.143. The molecule has 3 nitrogen and oxygen atoms in total. The van der Waals surface area contributed by atoms with E-state index in [1.54, 1.807) is 0 Å². The molecule has 60 valence electrons. The van der Waals surface area contributed by atoms with E-state index in [0.717, 1.165) is 5.69 Å². The van der Waals surface area contributed by atoms with Crippen molar-refractivity contribution in [2.75, 3.05) is 11.2 Å². The molecule has 11 heavy (non-hydrogen) atoms. The Labute approximate surface area is 67.7 Å². The van der Waals surface area contributed by atoms with Crippen LogP contribution in [0.2, 0.25) is 0 Å². The van der Waals surface area contributed by atoms with E-state index in [0.29, 0.717) is 0 Å². The van der Waals surface area contributed by atoms with Crippen molar-refractivity contribution in [3.8, 4) is 0 Å². The molecule has 0 spiro atoms. The third-order valence-electron chi connectivity index (χ3n) is 1.17. The van der Waals surface area contributed by atoms with E-state index in [9.17, 15) is 8.76 Å². The number of anilines is 1. The van der Waals surface area contributed by atoms with Gasteiger partial charge in [-0.25, -0.2) is 0 Å². The summed E-state index contributed by atoms with van der Waals surface area (Å²) < 4.78 is 20.2. The second-order valence-corrected chi connectivity index (χ2v) is 2.89. The molecule has 1 unspecified atom stereocenters. The summed E-state index contributed by atoms with van der Waals surface area (Å²) in [7, 11) is 0. The molecule has 0 radical (unpaired) electrons. The van der Waals surface area contributed by atoms with Crippen LogP contribution in [-0.2, 0) is 11.1 Å². The van der Waals surface area contributed by atoms with Gasteiger partial charge in [0.1, 0.15) is 0 Å². The van der Waals surface area contributed by atoms with Crippen LogP contribution >= 0.6 is 0 Å². The minimum atomic E-state index is -2.03. The molecule has 0 aliphatic carbocycles. The van der Waals surface area contributed by atoms with Crippen LogP contribution in [-0.4, -0.2) is 14.6 Å². The summed E-state index contributed by atoms with van der Waals surface area (Å²) in [4.78, 5) is 0. The van der Waals surface area contributed by atoms with Crippen LogP contribution < -0.4 is 5.32 Å². The molecule has 1 aromatic carbocycles. The van der Waals surface area contributed by atoms with Gasteiger partial charge in [0.2, 0.25) is 0 Å². The van der Waals surface area contributed by atoms with Gasteiger partial charge in [0.15, 0.2) is 0 Å². The SMILES string of the molecule is O=S([O-])CNc1ccccc1. The predicted octanol–water partition coefficient (Wildman–Crippen LogP) is 0.935. The van der Waals surface area contributed by atoms with Gasteiger partial charge in [0.05, 0.1) is 5.88 Å². The largest absolute Gasteiger partial charge is 0.771 e. The lowest BCUT2D eigenvalue weighted by molar-refractivity contribution is 0.539. The van der Waals surface area contributed by atoms with E-state index in [1.807, 2.05) is 30.3 Å². The standard InChI is InChI=1S/C7H9NO2S/c9-11(10)6-8-7-4-2-1-3-5-7/h1-5,8H,6H2,(H,9,10)/p-1. The smallest absolute Gasteiger partial charge is 0.0777 e. The first kappa shape index (κ1) is 8.23. The third-order valence-corrected chi connectivity index (χ3v) is 1.55. The lowest BCUT2D eigenvalue weighted by Crippen LogP contribution is -2.06. The third kappa shape index (κ3) is 3.15. The number of hydrogen-bond acceptors (Lipinski definition) is 3. The fourth-order valence-electron chi connectivity index (χ4n) is 0.698. The maximum atomic E-state index is 10.1. The zero-order chi connectivity index (χ0) is 8.10. The monoisotopic (exact) mass is 170 g/mol. The summed E-state index contributed by atoms with van der Waals surface area (Å²) in [6.07, 6.45) is 0. The number of benzene rings is 1. The average Bonchev–Trinajstić information content (AvgIpc) is 2.03. The summed E-state index contributed by atoms with van der Waals surface area (Å²) in [6.45, 7) is 0. The van der Waals surface area contributed by atoms with E-state index >= 15 is 0 Å². The highest BCUT2D eigenvalue weighted by molar-refractivity contribution is 7.79. The Morgan fingerprint density at radius 1 is 1.36 bits per heavy atom. The highest BCUT2D eigenvalue weighted by Crippen LogP contribution is 2.03. The van der Waals surface area contributed by atoms with Crippen molar-refractivity contribution in [1.29, 1.82) is 0 Å². The van der Waals surface area contributed by atoms with Crippen LogP contribution in [0.3, 0.4) is 0 Å². The Hall–Kier alpha value is -0.870. The first-order valence-corrected chi connectivity index (χ1v) is 4.38. The molecule has 0 aliphatic rings. The van der Waals surface area contributed by atoms with Crippen molar-refractivity contribution in [2.45, 2.75) is 0 Å². The molecule has 1 aromatic rings. The zero-order valence-corrected chi connectivity index (χ0v) is 6.64. The normalized spacial score (nSPS) is 12.5. The van der Waals surface area contributed by atoms with Crippen molar-refractivity contribution in [2.24, 2.45) is 0 Å². The number of para-hydroxylation sites is 1. The second kappa shape index (κ2) is 4.10. The molecule has 0 heterocycles. The Balaban J connectivity index is 2.45. The van der Waals surface area contributed by atoms with Gasteiger partial charge >= 0.3 is 0 Å². The van der Waals surface area contributed by atoms with E-state index < -0.39 is 11.1 Å². The Morgan fingerprint density at radius 3 is 2.55 bits per heavy atom. The molecule has 1 N–H and O–H groups in total. The minimum Gasteiger partial charge on any atom is -0.771 e. The molecule has 1 rings (SSSR count). The average molecular weight is 170 g/mol. The summed E-state index contributed by atoms with van der Waals surface area (Å²) in [5.41, 5.74) is 0.816. The molecule has 0 aliphatic heterocycles. The predicted molar refractivity (Wildman–Crippen MR) is 43.9 cm³/mol. The molecule has 0 saturated carbocycles. The van der Waals surface area contributed by atoms with Gasteiger partial charge in [-0.3, -0.25) is 4.21 Å². The van der Waals surface area contributed by atoms with Gasteiger partial charge in [0.25, 0.3) is 0 Å². The maximum absolute atomic E-state index is 10.1. The molecule has 4 heteroatoms. The molecule has 0 fully saturated rings. The number of hydrogen-bond donors (Lipinski definition) is 1. The highest BCUT2D eigenvalue weighted by atomic mass is 32.2. The topological polar surface area (TPSA) is 52.2 Å². The van der Waals surface area contributed by atoms with E-state index in [4.69, 9.17) is 0 Å². The van der Waals surface area contributed by atoms with Crippen molar-refractivity contribution in [3.05, 3.63) is 30.3 Å². The lowest BCUT2D eigenvalue weighted by Gasteiger charge is -2.07. The lowest BCUT2D eigenvalue weighted by atomic mass is 10.3. The van der Waals surface area contributed by atoms with Gasteiger partial charge < -0.3 is 9.87 Å². The van der Waals surface area contributed by atoms with E-state index in [-0.39, 0.29) is 5.88 Å². The molecule has 1 atom stereocenters. The molecular formula is C7H8NO2S-. The van der Waals surface area contributed by atoms with Crippen molar-refractivity contribution in [1.82, 2.24) is 0 Å². The molecule has 0 saturated heterocycles. The summed E-state index contributed by atoms with van der Waals surface area (Å²) >= 11 is -2.03. The Bertz CT molecular complexity index is 237. The first-order chi connectivity index (χ1) is 5.29. The van der Waals surface area contributed by atoms with E-state index in [1.165, 1.54) is 0 Å². The van der Waals surface area contributed by atoms with Crippen molar-refractivity contribution in [3.63, 3.8) is 0 Å². The van der Waals surface area contributed by atoms with Crippen LogP contribution in [0.4, 0.5) is 5.69 Å². The van der Waals surface area contributed by atoms with Gasteiger partial charge in [-0.05, 0) is 23.2 Å². The molecular weight excluding hydrogens is 162 g/mol. The highest BCUT2D eigenvalue weighted by Gasteiger charge is 1.86. The minimum absolute atomic E-state index is 0.0377.